The molecule has 112 valence electrons. The van der Waals surface area contributed by atoms with Gasteiger partial charge in [0, 0.05) is 12.4 Å². The van der Waals surface area contributed by atoms with E-state index in [9.17, 15) is 0 Å². The van der Waals surface area contributed by atoms with Crippen LogP contribution in [0.4, 0.5) is 0 Å². The second kappa shape index (κ2) is 6.69. The van der Waals surface area contributed by atoms with Crippen LogP contribution < -0.4 is 0 Å². The molecule has 0 radical (unpaired) electrons. The smallest absolute Gasteiger partial charge is 0.0892 e. The van der Waals surface area contributed by atoms with Crippen LogP contribution in [0.15, 0.2) is 54.9 Å². The van der Waals surface area contributed by atoms with Gasteiger partial charge in [0.15, 0.2) is 0 Å². The van der Waals surface area contributed by atoms with Crippen LogP contribution in [0.5, 0.6) is 0 Å². The fourth-order valence-electron chi connectivity index (χ4n) is 3.05. The third kappa shape index (κ3) is 3.01. The summed E-state index contributed by atoms with van der Waals surface area (Å²) in [5.41, 5.74) is 5.78. The van der Waals surface area contributed by atoms with Crippen LogP contribution in [0, 0.1) is 0 Å². The molecule has 2 aromatic carbocycles. The highest BCUT2D eigenvalue weighted by Gasteiger charge is 2.08. The van der Waals surface area contributed by atoms with E-state index < -0.39 is 0 Å². The highest BCUT2D eigenvalue weighted by molar-refractivity contribution is 5.81. The van der Waals surface area contributed by atoms with Crippen LogP contribution in [0.1, 0.15) is 44.6 Å². The highest BCUT2D eigenvalue weighted by atomic mass is 14.8. The largest absolute Gasteiger partial charge is 0.253 e. The van der Waals surface area contributed by atoms with Gasteiger partial charge in [-0.25, -0.2) is 0 Å². The van der Waals surface area contributed by atoms with Gasteiger partial charge in [-0.2, -0.15) is 0 Å². The fraction of sp³-hybridized carbons (Fsp3) is 0.300. The first kappa shape index (κ1) is 14.7. The Hall–Kier alpha value is -2.22. The zero-order valence-corrected chi connectivity index (χ0v) is 13.3. The van der Waals surface area contributed by atoms with Gasteiger partial charge < -0.3 is 0 Å². The van der Waals surface area contributed by atoms with E-state index in [2.05, 4.69) is 60.2 Å². The average molecular weight is 290 g/mol. The molecular weight excluding hydrogens is 268 g/mol. The lowest BCUT2D eigenvalue weighted by molar-refractivity contribution is 0.596. The maximum absolute atomic E-state index is 4.39. The molecule has 0 aliphatic rings. The van der Waals surface area contributed by atoms with Gasteiger partial charge in [0.2, 0.25) is 0 Å². The Morgan fingerprint density at radius 3 is 2.18 bits per heavy atom. The summed E-state index contributed by atoms with van der Waals surface area (Å²) in [6.07, 6.45) is 7.19. The quantitative estimate of drug-likeness (QED) is 0.612. The zero-order valence-electron chi connectivity index (χ0n) is 13.3. The molecule has 0 fully saturated rings. The molecule has 0 N–H and O–H groups in total. The first-order chi connectivity index (χ1) is 10.8. The molecule has 3 aromatic rings. The van der Waals surface area contributed by atoms with Crippen LogP contribution in [-0.4, -0.2) is 9.97 Å². The van der Waals surface area contributed by atoms with Gasteiger partial charge in [-0.1, -0.05) is 50.6 Å². The molecule has 0 spiro atoms. The summed E-state index contributed by atoms with van der Waals surface area (Å²) in [4.78, 5) is 8.71. The summed E-state index contributed by atoms with van der Waals surface area (Å²) >= 11 is 0. The molecule has 0 saturated carbocycles. The molecule has 0 amide bonds. The number of benzene rings is 2. The van der Waals surface area contributed by atoms with Gasteiger partial charge in [-0.15, -0.1) is 0 Å². The number of fused-ring (bicyclic) bond motifs is 1. The summed E-state index contributed by atoms with van der Waals surface area (Å²) in [5.74, 6) is 0.682. The second-order valence-corrected chi connectivity index (χ2v) is 5.78. The maximum atomic E-state index is 4.39. The number of nitrogens with zero attached hydrogens (tertiary/aromatic N) is 2. The molecule has 0 aliphatic carbocycles. The van der Waals surface area contributed by atoms with E-state index in [-0.39, 0.29) is 0 Å². The minimum absolute atomic E-state index is 0.682. The van der Waals surface area contributed by atoms with Gasteiger partial charge in [0.1, 0.15) is 0 Å². The number of aromatic nitrogens is 2. The van der Waals surface area contributed by atoms with E-state index in [0.29, 0.717) is 5.92 Å². The van der Waals surface area contributed by atoms with E-state index in [0.717, 1.165) is 11.0 Å². The van der Waals surface area contributed by atoms with Crippen molar-refractivity contribution in [2.75, 3.05) is 0 Å². The molecule has 1 aromatic heterocycles. The van der Waals surface area contributed by atoms with Crippen LogP contribution in [0.25, 0.3) is 22.2 Å². The van der Waals surface area contributed by atoms with E-state index in [1.807, 2.05) is 6.07 Å². The summed E-state index contributed by atoms with van der Waals surface area (Å²) < 4.78 is 0. The van der Waals surface area contributed by atoms with Crippen LogP contribution >= 0.6 is 0 Å². The lowest BCUT2D eigenvalue weighted by Gasteiger charge is -2.14. The van der Waals surface area contributed by atoms with E-state index >= 15 is 0 Å². The Labute approximate surface area is 132 Å². The number of hydrogen-bond acceptors (Lipinski definition) is 2. The van der Waals surface area contributed by atoms with Crippen molar-refractivity contribution >= 4 is 11.0 Å². The minimum Gasteiger partial charge on any atom is -0.253 e. The molecular formula is C20H22N2. The van der Waals surface area contributed by atoms with Crippen molar-refractivity contribution in [3.8, 4) is 11.1 Å². The second-order valence-electron chi connectivity index (χ2n) is 5.78. The number of rotatable bonds is 5. The molecule has 1 atom stereocenters. The van der Waals surface area contributed by atoms with Crippen molar-refractivity contribution in [3.63, 3.8) is 0 Å². The molecule has 0 aliphatic heterocycles. The summed E-state index contributed by atoms with van der Waals surface area (Å²) in [6.45, 7) is 4.53. The van der Waals surface area contributed by atoms with Gasteiger partial charge in [-0.3, -0.25) is 9.97 Å². The topological polar surface area (TPSA) is 25.8 Å². The number of hydrogen-bond donors (Lipinski definition) is 0. The van der Waals surface area contributed by atoms with Crippen molar-refractivity contribution in [1.29, 1.82) is 0 Å². The predicted octanol–water partition coefficient (Wildman–Crippen LogP) is 5.59. The first-order valence-electron chi connectivity index (χ1n) is 8.13. The van der Waals surface area contributed by atoms with Gasteiger partial charge >= 0.3 is 0 Å². The molecule has 1 heterocycles. The summed E-state index contributed by atoms with van der Waals surface area (Å²) in [6, 6.07) is 15.3. The highest BCUT2D eigenvalue weighted by Crippen LogP contribution is 2.28. The Bertz CT molecular complexity index is 747. The molecule has 2 nitrogen and oxygen atoms in total. The third-order valence-corrected chi connectivity index (χ3v) is 4.31. The average Bonchev–Trinajstić information content (AvgIpc) is 2.59. The van der Waals surface area contributed by atoms with E-state index in [1.54, 1.807) is 12.4 Å². The van der Waals surface area contributed by atoms with Crippen LogP contribution in [-0.2, 0) is 0 Å². The van der Waals surface area contributed by atoms with Gasteiger partial charge in [0.05, 0.1) is 11.0 Å². The SMILES string of the molecule is CCCC(CC)c1ccc(-c2ccc3nccnc3c2)cc1. The fourth-order valence-corrected chi connectivity index (χ4v) is 3.05. The van der Waals surface area contributed by atoms with Crippen molar-refractivity contribution in [2.45, 2.75) is 39.0 Å². The molecule has 2 heteroatoms. The molecule has 0 saturated heterocycles. The monoisotopic (exact) mass is 290 g/mol. The van der Waals surface area contributed by atoms with E-state index in [1.165, 1.54) is 36.0 Å². The normalized spacial score (nSPS) is 12.5. The van der Waals surface area contributed by atoms with Crippen LogP contribution in [0.2, 0.25) is 0 Å². The molecule has 3 rings (SSSR count). The Balaban J connectivity index is 1.90. The molecule has 1 unspecified atom stereocenters. The minimum atomic E-state index is 0.682. The lowest BCUT2D eigenvalue weighted by atomic mass is 9.91. The molecule has 0 bridgehead atoms. The van der Waals surface area contributed by atoms with Crippen molar-refractivity contribution in [3.05, 3.63) is 60.4 Å². The predicted molar refractivity (Wildman–Crippen MR) is 92.9 cm³/mol. The lowest BCUT2D eigenvalue weighted by Crippen LogP contribution is -1.96. The molecule has 22 heavy (non-hydrogen) atoms. The van der Waals surface area contributed by atoms with Gasteiger partial charge in [0.25, 0.3) is 0 Å². The Kier molecular flexibility index (Phi) is 4.47. The van der Waals surface area contributed by atoms with Crippen molar-refractivity contribution in [1.82, 2.24) is 9.97 Å². The van der Waals surface area contributed by atoms with Crippen molar-refractivity contribution in [2.24, 2.45) is 0 Å². The van der Waals surface area contributed by atoms with Crippen molar-refractivity contribution < 1.29 is 0 Å². The maximum Gasteiger partial charge on any atom is 0.0892 e. The summed E-state index contributed by atoms with van der Waals surface area (Å²) in [5, 5.41) is 0. The summed E-state index contributed by atoms with van der Waals surface area (Å²) in [7, 11) is 0. The van der Waals surface area contributed by atoms with E-state index in [4.69, 9.17) is 0 Å². The Morgan fingerprint density at radius 2 is 1.50 bits per heavy atom. The van der Waals surface area contributed by atoms with Gasteiger partial charge in [-0.05, 0) is 47.6 Å². The zero-order chi connectivity index (χ0) is 15.4. The first-order valence-corrected chi connectivity index (χ1v) is 8.13. The standard InChI is InChI=1S/C20H22N2/c1-3-5-15(4-2)16-6-8-17(9-7-16)18-10-11-19-20(14-18)22-13-12-21-19/h6-15H,3-5H2,1-2H3. The third-order valence-electron chi connectivity index (χ3n) is 4.31. The van der Waals surface area contributed by atoms with Crippen LogP contribution in [0.3, 0.4) is 0 Å². The Morgan fingerprint density at radius 1 is 0.818 bits per heavy atom.